The molecule has 0 aromatic heterocycles. The summed E-state index contributed by atoms with van der Waals surface area (Å²) in [5.74, 6) is -7.66. The zero-order chi connectivity index (χ0) is 63.1. The number of carbonyl (C=O) groups excluding carboxylic acids is 8. The quantitative estimate of drug-likeness (QED) is 0.0281. The SMILES string of the molecule is COc1ccc(C[C@@H]2NC(=O)/C=C/C[C@@H]([C@H](C)[C@@H](O)[C@H](C)c3ccc(CCC(=O)[C@H](C)NC(=O)[C@@H](CCCCN(CCC(=O)O)C(=O)CCC(=O)NCCS(=O)(=O)O)C(C)C)cc3)OC(=O)[C@H](CC(C)C)OC(=O)C(C)(C)CNC2=O)cc1Cl. The molecule has 24 heteroatoms. The van der Waals surface area contributed by atoms with Crippen LogP contribution < -0.4 is 26.0 Å². The van der Waals surface area contributed by atoms with Crippen molar-refractivity contribution in [2.75, 3.05) is 39.0 Å². The number of esters is 2. The molecule has 1 aliphatic heterocycles. The molecule has 84 heavy (non-hydrogen) atoms. The lowest BCUT2D eigenvalue weighted by Gasteiger charge is -2.33. The Kier molecular flexibility index (Phi) is 29.5. The fourth-order valence-corrected chi connectivity index (χ4v) is 10.0. The number of ketones is 1. The normalized spacial score (nSPS) is 19.3. The summed E-state index contributed by atoms with van der Waals surface area (Å²) in [6.07, 6.45) is 0.381. The number of carbonyl (C=O) groups is 9. The first-order valence-electron chi connectivity index (χ1n) is 28.6. The lowest BCUT2D eigenvalue weighted by Crippen LogP contribution is -2.51. The summed E-state index contributed by atoms with van der Waals surface area (Å²) >= 11 is 6.38. The molecule has 0 spiro atoms. The van der Waals surface area contributed by atoms with Gasteiger partial charge in [-0.05, 0) is 93.2 Å². The summed E-state index contributed by atoms with van der Waals surface area (Å²) in [6, 6.07) is 10.4. The van der Waals surface area contributed by atoms with E-state index >= 15 is 0 Å². The predicted octanol–water partition coefficient (Wildman–Crippen LogP) is 5.69. The van der Waals surface area contributed by atoms with Crippen LogP contribution in [-0.2, 0) is 75.6 Å². The molecule has 2 aromatic rings. The minimum atomic E-state index is -4.28. The number of benzene rings is 2. The van der Waals surface area contributed by atoms with Crippen molar-refractivity contribution in [2.45, 2.75) is 169 Å². The molecule has 468 valence electrons. The number of ether oxygens (including phenoxy) is 3. The zero-order valence-corrected chi connectivity index (χ0v) is 51.6. The molecular formula is C60H88ClN5O17S. The highest BCUT2D eigenvalue weighted by Crippen LogP contribution is 2.31. The third-order valence-electron chi connectivity index (χ3n) is 14.8. The Morgan fingerprint density at radius 2 is 1.56 bits per heavy atom. The summed E-state index contributed by atoms with van der Waals surface area (Å²) < 4.78 is 47.9. The highest BCUT2D eigenvalue weighted by Gasteiger charge is 2.39. The fraction of sp³-hybridized carbons (Fsp3) is 0.617. The van der Waals surface area contributed by atoms with Gasteiger partial charge in [-0.2, -0.15) is 8.42 Å². The molecule has 1 heterocycles. The van der Waals surface area contributed by atoms with Gasteiger partial charge in [0.05, 0.1) is 41.9 Å². The molecule has 0 saturated heterocycles. The number of aliphatic hydroxyl groups is 1. The molecule has 5 amide bonds. The first kappa shape index (κ1) is 71.8. The second-order valence-electron chi connectivity index (χ2n) is 23.1. The Labute approximate surface area is 499 Å². The number of aliphatic hydroxyl groups excluding tert-OH is 1. The van der Waals surface area contributed by atoms with Crippen molar-refractivity contribution >= 4 is 74.9 Å². The van der Waals surface area contributed by atoms with Gasteiger partial charge in [0.1, 0.15) is 17.9 Å². The number of nitrogens with one attached hydrogen (secondary N) is 4. The topological polar surface area (TPSA) is 328 Å². The van der Waals surface area contributed by atoms with Gasteiger partial charge in [0.15, 0.2) is 11.9 Å². The summed E-state index contributed by atoms with van der Waals surface area (Å²) in [4.78, 5) is 120. The minimum absolute atomic E-state index is 0.0339. The van der Waals surface area contributed by atoms with Crippen LogP contribution in [0.2, 0.25) is 5.02 Å². The van der Waals surface area contributed by atoms with Crippen molar-refractivity contribution in [1.82, 2.24) is 26.2 Å². The van der Waals surface area contributed by atoms with Crippen molar-refractivity contribution < 1.29 is 80.5 Å². The number of nitrogens with zero attached hydrogens (tertiary/aromatic N) is 1. The Morgan fingerprint density at radius 3 is 2.17 bits per heavy atom. The number of Topliss-reactive ketones (excluding diaryl/α,β-unsaturated/α-hetero) is 1. The van der Waals surface area contributed by atoms with E-state index in [0.717, 1.165) is 11.1 Å². The van der Waals surface area contributed by atoms with E-state index in [4.69, 9.17) is 30.4 Å². The fourth-order valence-electron chi connectivity index (χ4n) is 9.38. The third-order valence-corrected chi connectivity index (χ3v) is 15.8. The smallest absolute Gasteiger partial charge is 0.347 e. The number of hydrogen-bond acceptors (Lipinski definition) is 15. The van der Waals surface area contributed by atoms with Crippen LogP contribution in [0.15, 0.2) is 54.6 Å². The second kappa shape index (κ2) is 34.5. The maximum Gasteiger partial charge on any atom is 0.347 e. The average molecular weight is 1220 g/mol. The number of rotatable bonds is 30. The summed E-state index contributed by atoms with van der Waals surface area (Å²) in [5.41, 5.74) is 0.878. The largest absolute Gasteiger partial charge is 0.495 e. The van der Waals surface area contributed by atoms with E-state index in [1.54, 1.807) is 45.9 Å². The lowest BCUT2D eigenvalue weighted by atomic mass is 9.84. The number of carboxylic acids is 1. The Bertz CT molecular complexity index is 2720. The van der Waals surface area contributed by atoms with Crippen molar-refractivity contribution in [2.24, 2.45) is 29.1 Å². The van der Waals surface area contributed by atoms with E-state index in [-0.39, 0.29) is 94.7 Å². The maximum absolute atomic E-state index is 14.0. The lowest BCUT2D eigenvalue weighted by molar-refractivity contribution is -0.180. The first-order chi connectivity index (χ1) is 39.3. The Hall–Kier alpha value is -6.43. The van der Waals surface area contributed by atoms with Gasteiger partial charge in [0.25, 0.3) is 10.1 Å². The van der Waals surface area contributed by atoms with Crippen LogP contribution in [0.3, 0.4) is 0 Å². The number of aliphatic carboxylic acids is 1. The Balaban J connectivity index is 1.67. The summed E-state index contributed by atoms with van der Waals surface area (Å²) in [7, 11) is -2.81. The van der Waals surface area contributed by atoms with Gasteiger partial charge in [0, 0.05) is 76.0 Å². The highest BCUT2D eigenvalue weighted by molar-refractivity contribution is 7.85. The molecule has 8 atom stereocenters. The molecule has 0 saturated carbocycles. The number of methoxy groups -OCH3 is 1. The van der Waals surface area contributed by atoms with Crippen LogP contribution in [-0.4, -0.2) is 151 Å². The average Bonchev–Trinajstić information content (AvgIpc) is 3.41. The molecular weight excluding hydrogens is 1130 g/mol. The molecule has 0 aliphatic carbocycles. The standard InChI is InChI=1S/C60H88ClN5O17S/c1-36(2)32-50-58(76)82-48(15-13-16-52(69)65-46(34-42-20-24-49(81-10)45(61)33-42)57(75)63-35-60(8,9)59(77)83-50)39(6)55(73)38(5)43-21-17-41(18-22-43)19-23-47(67)40(7)64-56(74)44(37(3)4)14-11-12-29-66(30-27-54(71)72)53(70)26-25-51(68)62-28-31-84(78,79)80/h13,16-18,20-22,24,33,36-40,44,46,48,50,55,73H,11-12,14-15,19,23,25-32,34-35H2,1-10H3,(H,62,68)(H,63,75)(H,64,74)(H,65,69)(H,71,72)(H,78,79,80)/b16-13+/t38-,39+,40+,44+,46+,48+,50+,55+/m1/s1. The van der Waals surface area contributed by atoms with Crippen molar-refractivity contribution in [3.63, 3.8) is 0 Å². The van der Waals surface area contributed by atoms with E-state index in [1.165, 1.54) is 24.2 Å². The number of unbranched alkanes of at least 4 members (excludes halogenated alkanes) is 1. The van der Waals surface area contributed by atoms with Crippen molar-refractivity contribution in [3.8, 4) is 5.75 Å². The van der Waals surface area contributed by atoms with Crippen LogP contribution in [0.25, 0.3) is 0 Å². The minimum Gasteiger partial charge on any atom is -0.495 e. The van der Waals surface area contributed by atoms with Crippen LogP contribution in [0.4, 0.5) is 0 Å². The number of carboxylic acid groups (broad SMARTS) is 1. The summed E-state index contributed by atoms with van der Waals surface area (Å²) in [6.45, 7) is 15.3. The van der Waals surface area contributed by atoms with Gasteiger partial charge in [-0.25, -0.2) is 4.79 Å². The van der Waals surface area contributed by atoms with Gasteiger partial charge in [0.2, 0.25) is 29.5 Å². The third kappa shape index (κ3) is 25.0. The molecule has 2 aromatic carbocycles. The molecule has 0 unspecified atom stereocenters. The van der Waals surface area contributed by atoms with E-state index in [0.29, 0.717) is 42.0 Å². The van der Waals surface area contributed by atoms with Gasteiger partial charge in [-0.3, -0.25) is 42.9 Å². The van der Waals surface area contributed by atoms with E-state index in [1.807, 2.05) is 58.9 Å². The maximum atomic E-state index is 14.0. The van der Waals surface area contributed by atoms with Gasteiger partial charge in [-0.1, -0.05) is 96.0 Å². The van der Waals surface area contributed by atoms with E-state index < -0.39 is 111 Å². The number of aryl methyl sites for hydroxylation is 1. The molecule has 0 radical (unpaired) electrons. The highest BCUT2D eigenvalue weighted by atomic mass is 35.5. The first-order valence-corrected chi connectivity index (χ1v) is 30.6. The van der Waals surface area contributed by atoms with Crippen molar-refractivity contribution in [3.05, 3.63) is 76.3 Å². The van der Waals surface area contributed by atoms with Crippen LogP contribution in [0, 0.1) is 29.1 Å². The van der Waals surface area contributed by atoms with E-state index in [9.17, 15) is 61.8 Å². The van der Waals surface area contributed by atoms with Crippen molar-refractivity contribution in [1.29, 1.82) is 0 Å². The zero-order valence-electron chi connectivity index (χ0n) is 50.1. The number of hydrogen-bond donors (Lipinski definition) is 7. The molecule has 22 nitrogen and oxygen atoms in total. The van der Waals surface area contributed by atoms with Crippen LogP contribution in [0.1, 0.15) is 143 Å². The second-order valence-corrected chi connectivity index (χ2v) is 25.0. The van der Waals surface area contributed by atoms with Crippen LogP contribution in [0.5, 0.6) is 5.75 Å². The Morgan fingerprint density at radius 1 is 0.893 bits per heavy atom. The van der Waals surface area contributed by atoms with E-state index in [2.05, 4.69) is 21.3 Å². The van der Waals surface area contributed by atoms with Gasteiger partial charge < -0.3 is 50.6 Å². The molecule has 1 aliphatic rings. The number of amides is 5. The number of halogens is 1. The van der Waals surface area contributed by atoms with Crippen LogP contribution >= 0.6 is 11.6 Å². The summed E-state index contributed by atoms with van der Waals surface area (Å²) in [5, 5.41) is 32.1. The molecule has 3 rings (SSSR count). The molecule has 0 bridgehead atoms. The van der Waals surface area contributed by atoms with Gasteiger partial charge >= 0.3 is 17.9 Å². The molecule has 0 fully saturated rings. The predicted molar refractivity (Wildman–Crippen MR) is 314 cm³/mol. The molecule has 7 N–H and O–H groups in total. The monoisotopic (exact) mass is 1220 g/mol. The van der Waals surface area contributed by atoms with Gasteiger partial charge in [-0.15, -0.1) is 0 Å². The number of cyclic esters (lactones) is 2.